The maximum absolute atomic E-state index is 6.73. The number of ether oxygens (including phenoxy) is 2. The fraction of sp³-hybridized carbons (Fsp3) is 0.741. The molecule has 5 rings (SSSR count). The van der Waals surface area contributed by atoms with Crippen LogP contribution in [-0.4, -0.2) is 27.9 Å². The molecule has 170 valence electrons. The number of nitrogen functional groups attached to an aromatic ring is 1. The minimum Gasteiger partial charge on any atom is -0.397 e. The van der Waals surface area contributed by atoms with E-state index in [0.29, 0.717) is 17.3 Å². The lowest BCUT2D eigenvalue weighted by Crippen LogP contribution is -2.46. The maximum atomic E-state index is 6.73. The number of anilines is 1. The molecule has 3 saturated heterocycles. The van der Waals surface area contributed by atoms with E-state index >= 15 is 0 Å². The highest BCUT2D eigenvalue weighted by molar-refractivity contribution is 5.73. The van der Waals surface area contributed by atoms with Crippen LogP contribution in [0.3, 0.4) is 0 Å². The van der Waals surface area contributed by atoms with Gasteiger partial charge in [0.25, 0.3) is 0 Å². The van der Waals surface area contributed by atoms with E-state index in [1.54, 1.807) is 0 Å². The van der Waals surface area contributed by atoms with Gasteiger partial charge in [0.15, 0.2) is 0 Å². The molecule has 1 aromatic rings. The van der Waals surface area contributed by atoms with Crippen molar-refractivity contribution in [2.24, 2.45) is 11.3 Å². The van der Waals surface area contributed by atoms with Crippen molar-refractivity contribution < 1.29 is 9.47 Å². The number of allylic oxidation sites excluding steroid dienone is 2. The lowest BCUT2D eigenvalue weighted by molar-refractivity contribution is -0.182. The van der Waals surface area contributed by atoms with Crippen molar-refractivity contribution in [2.75, 3.05) is 5.73 Å². The van der Waals surface area contributed by atoms with Gasteiger partial charge < -0.3 is 15.2 Å². The zero-order valence-electron chi connectivity index (χ0n) is 20.3. The lowest BCUT2D eigenvalue weighted by Gasteiger charge is -2.44. The van der Waals surface area contributed by atoms with E-state index in [2.05, 4.69) is 59.8 Å². The highest BCUT2D eigenvalue weighted by atomic mass is 16.6. The van der Waals surface area contributed by atoms with Crippen molar-refractivity contribution in [3.63, 3.8) is 0 Å². The van der Waals surface area contributed by atoms with E-state index in [4.69, 9.17) is 20.2 Å². The summed E-state index contributed by atoms with van der Waals surface area (Å²) in [7, 11) is 0. The minimum absolute atomic E-state index is 0.0116. The molecule has 2 N–H and O–H groups in total. The van der Waals surface area contributed by atoms with Gasteiger partial charge in [-0.25, -0.2) is 0 Å². The number of nitrogens with zero attached hydrogens (tertiary/aromatic N) is 1. The topological polar surface area (TPSA) is 57.4 Å². The van der Waals surface area contributed by atoms with Crippen molar-refractivity contribution in [2.45, 2.75) is 115 Å². The van der Waals surface area contributed by atoms with Crippen molar-refractivity contribution in [3.8, 4) is 0 Å². The van der Waals surface area contributed by atoms with Crippen LogP contribution in [0.4, 0.5) is 5.69 Å². The van der Waals surface area contributed by atoms with Gasteiger partial charge in [-0.05, 0) is 88.8 Å². The first-order valence-electron chi connectivity index (χ1n) is 12.3. The van der Waals surface area contributed by atoms with Crippen LogP contribution in [-0.2, 0) is 9.47 Å². The molecule has 0 radical (unpaired) electrons. The molecule has 1 unspecified atom stereocenters. The van der Waals surface area contributed by atoms with Gasteiger partial charge in [-0.3, -0.25) is 4.98 Å². The predicted octanol–water partition coefficient (Wildman–Crippen LogP) is 6.26. The SMILES string of the molecule is CCC1(C)C[C@H]2[C@@H](O1)[C@]1(C)C[C@@H](c3ccc(N)c(C4=CCC(C)(C)CC4)n3)C[C@@]2(C)O1. The highest BCUT2D eigenvalue weighted by Gasteiger charge is 2.67. The molecule has 0 amide bonds. The van der Waals surface area contributed by atoms with E-state index in [1.807, 2.05) is 0 Å². The number of fused-ring (bicyclic) bond motifs is 5. The Kier molecular flexibility index (Phi) is 4.71. The van der Waals surface area contributed by atoms with Crippen molar-refractivity contribution in [3.05, 3.63) is 29.6 Å². The van der Waals surface area contributed by atoms with Gasteiger partial charge in [-0.2, -0.15) is 0 Å². The van der Waals surface area contributed by atoms with Gasteiger partial charge >= 0.3 is 0 Å². The first-order chi connectivity index (χ1) is 14.5. The first-order valence-corrected chi connectivity index (χ1v) is 12.3. The van der Waals surface area contributed by atoms with E-state index in [0.717, 1.165) is 49.9 Å². The Labute approximate surface area is 188 Å². The number of aromatic nitrogens is 1. The minimum atomic E-state index is -0.243. The van der Waals surface area contributed by atoms with E-state index < -0.39 is 0 Å². The van der Waals surface area contributed by atoms with Crippen molar-refractivity contribution in [1.29, 1.82) is 0 Å². The summed E-state index contributed by atoms with van der Waals surface area (Å²) in [6.07, 6.45) is 10.0. The molecule has 4 aliphatic rings. The molecule has 6 atom stereocenters. The van der Waals surface area contributed by atoms with E-state index in [1.165, 1.54) is 17.7 Å². The molecule has 0 spiro atoms. The Hall–Kier alpha value is -1.39. The van der Waals surface area contributed by atoms with Crippen molar-refractivity contribution >= 4 is 11.3 Å². The molecule has 2 bridgehead atoms. The van der Waals surface area contributed by atoms with Gasteiger partial charge in [0, 0.05) is 17.5 Å². The predicted molar refractivity (Wildman–Crippen MR) is 126 cm³/mol. The van der Waals surface area contributed by atoms with Gasteiger partial charge in [0.1, 0.15) is 0 Å². The summed E-state index contributed by atoms with van der Waals surface area (Å²) in [4.78, 5) is 5.18. The Morgan fingerprint density at radius 1 is 1.06 bits per heavy atom. The molecule has 0 saturated carbocycles. The van der Waals surface area contributed by atoms with E-state index in [-0.39, 0.29) is 22.9 Å². The van der Waals surface area contributed by atoms with Crippen LogP contribution < -0.4 is 5.73 Å². The average Bonchev–Trinajstić information content (AvgIpc) is 3.14. The third kappa shape index (κ3) is 3.45. The standard InChI is InChI=1S/C27H40N2O2/c1-7-25(4)16-19-23(30-25)27(6)15-18(14-26(19,5)31-27)21-9-8-20(28)22(29-21)17-10-12-24(2,3)13-11-17/h8-10,18-19,23H,7,11-16,28H2,1-6H3/t18-,19-,23+,25?,26+,27-/m0/s1. The summed E-state index contributed by atoms with van der Waals surface area (Å²) in [5.74, 6) is 0.842. The summed E-state index contributed by atoms with van der Waals surface area (Å²) in [6.45, 7) is 13.8. The Morgan fingerprint density at radius 2 is 1.81 bits per heavy atom. The van der Waals surface area contributed by atoms with Gasteiger partial charge in [-0.1, -0.05) is 26.8 Å². The monoisotopic (exact) mass is 424 g/mol. The largest absolute Gasteiger partial charge is 0.397 e. The molecule has 4 heteroatoms. The van der Waals surface area contributed by atoms with Crippen LogP contribution in [0.25, 0.3) is 5.57 Å². The third-order valence-electron chi connectivity index (χ3n) is 8.98. The second-order valence-corrected chi connectivity index (χ2v) is 12.3. The lowest BCUT2D eigenvalue weighted by atomic mass is 9.77. The Bertz CT molecular complexity index is 896. The summed E-state index contributed by atoms with van der Waals surface area (Å²) in [5.41, 5.74) is 10.7. The maximum Gasteiger partial charge on any atom is 0.0933 e. The number of rotatable bonds is 3. The molecule has 31 heavy (non-hydrogen) atoms. The Morgan fingerprint density at radius 3 is 2.48 bits per heavy atom. The highest BCUT2D eigenvalue weighted by Crippen LogP contribution is 2.62. The smallest absolute Gasteiger partial charge is 0.0933 e. The van der Waals surface area contributed by atoms with Gasteiger partial charge in [-0.15, -0.1) is 0 Å². The molecular formula is C27H40N2O2. The number of hydrogen-bond acceptors (Lipinski definition) is 4. The van der Waals surface area contributed by atoms with Crippen LogP contribution >= 0.6 is 0 Å². The fourth-order valence-corrected chi connectivity index (χ4v) is 6.86. The zero-order chi connectivity index (χ0) is 22.2. The second-order valence-electron chi connectivity index (χ2n) is 12.3. The van der Waals surface area contributed by atoms with Crippen LogP contribution in [0, 0.1) is 11.3 Å². The third-order valence-corrected chi connectivity index (χ3v) is 8.98. The molecule has 3 aliphatic heterocycles. The molecule has 1 aromatic heterocycles. The van der Waals surface area contributed by atoms with Crippen LogP contribution in [0.15, 0.2) is 18.2 Å². The number of pyridine rings is 1. The van der Waals surface area contributed by atoms with Gasteiger partial charge in [0.05, 0.1) is 34.3 Å². The summed E-state index contributed by atoms with van der Waals surface area (Å²) in [5, 5.41) is 0. The summed E-state index contributed by atoms with van der Waals surface area (Å²) < 4.78 is 13.4. The fourth-order valence-electron chi connectivity index (χ4n) is 6.86. The zero-order valence-corrected chi connectivity index (χ0v) is 20.3. The number of nitrogens with two attached hydrogens (primary N) is 1. The van der Waals surface area contributed by atoms with Crippen LogP contribution in [0.5, 0.6) is 0 Å². The molecule has 0 aromatic carbocycles. The molecule has 1 aliphatic carbocycles. The second kappa shape index (κ2) is 6.81. The molecule has 3 fully saturated rings. The average molecular weight is 425 g/mol. The normalized spacial score (nSPS) is 43.5. The van der Waals surface area contributed by atoms with Crippen molar-refractivity contribution in [1.82, 2.24) is 4.98 Å². The van der Waals surface area contributed by atoms with E-state index in [9.17, 15) is 0 Å². The van der Waals surface area contributed by atoms with Crippen LogP contribution in [0.2, 0.25) is 0 Å². The number of hydrogen-bond donors (Lipinski definition) is 1. The molecule has 4 nitrogen and oxygen atoms in total. The quantitative estimate of drug-likeness (QED) is 0.622. The van der Waals surface area contributed by atoms with Gasteiger partial charge in [0.2, 0.25) is 0 Å². The van der Waals surface area contributed by atoms with Crippen LogP contribution in [0.1, 0.15) is 104 Å². The summed E-state index contributed by atoms with van der Waals surface area (Å²) in [6, 6.07) is 4.23. The first kappa shape index (κ1) is 21.5. The molecule has 4 heterocycles. The Balaban J connectivity index is 1.44. The molecular weight excluding hydrogens is 384 g/mol. The summed E-state index contributed by atoms with van der Waals surface area (Å²) >= 11 is 0.